The number of pyridine rings is 1. The van der Waals surface area contributed by atoms with Crippen molar-refractivity contribution in [1.82, 2.24) is 9.97 Å². The van der Waals surface area contributed by atoms with Gasteiger partial charge < -0.3 is 19.8 Å². The lowest BCUT2D eigenvalue weighted by Crippen LogP contribution is -2.30. The fraction of sp³-hybridized carbons (Fsp3) is 0.167. The normalized spacial score (nSPS) is 11.8. The minimum absolute atomic E-state index is 0.156. The Hall–Kier alpha value is -3.06. The summed E-state index contributed by atoms with van der Waals surface area (Å²) in [5.41, 5.74) is 1.32. The van der Waals surface area contributed by atoms with Gasteiger partial charge >= 0.3 is 5.97 Å². The van der Waals surface area contributed by atoms with Gasteiger partial charge in [0.2, 0.25) is 0 Å². The number of halogens is 1. The molecular formula is C18H16ClN3O4. The highest BCUT2D eigenvalue weighted by molar-refractivity contribution is 6.32. The molecule has 7 nitrogen and oxygen atoms in total. The Morgan fingerprint density at radius 1 is 1.27 bits per heavy atom. The zero-order chi connectivity index (χ0) is 18.7. The van der Waals surface area contributed by atoms with E-state index in [4.69, 9.17) is 21.1 Å². The molecule has 8 heteroatoms. The molecule has 3 aromatic rings. The van der Waals surface area contributed by atoms with E-state index in [1.165, 1.54) is 13.1 Å². The molecule has 0 spiro atoms. The standard InChI is InChI=1S/C18H16ClN3O4/c1-10(17(23)22-13-4-3-7-20-16(13)19)26-18(24)15-8-11-5-6-12(25-2)9-14(11)21-15/h3-10,21H,1-2H3,(H,22,23). The molecule has 0 bridgehead atoms. The number of aromatic nitrogens is 2. The van der Waals surface area contributed by atoms with E-state index in [-0.39, 0.29) is 10.8 Å². The number of nitrogens with one attached hydrogen (secondary N) is 2. The number of anilines is 1. The number of fused-ring (bicyclic) bond motifs is 1. The van der Waals surface area contributed by atoms with Crippen molar-refractivity contribution in [2.45, 2.75) is 13.0 Å². The van der Waals surface area contributed by atoms with Crippen molar-refractivity contribution in [3.05, 3.63) is 53.4 Å². The second kappa shape index (κ2) is 7.45. The van der Waals surface area contributed by atoms with E-state index >= 15 is 0 Å². The fourth-order valence-corrected chi connectivity index (χ4v) is 2.50. The molecule has 0 saturated heterocycles. The molecule has 26 heavy (non-hydrogen) atoms. The van der Waals surface area contributed by atoms with Crippen LogP contribution in [-0.4, -0.2) is 35.1 Å². The molecular weight excluding hydrogens is 358 g/mol. The van der Waals surface area contributed by atoms with Crippen LogP contribution >= 0.6 is 11.6 Å². The molecule has 0 saturated carbocycles. The number of amides is 1. The topological polar surface area (TPSA) is 93.3 Å². The second-order valence-corrected chi connectivity index (χ2v) is 5.87. The lowest BCUT2D eigenvalue weighted by molar-refractivity contribution is -0.123. The average Bonchev–Trinajstić information content (AvgIpc) is 3.06. The van der Waals surface area contributed by atoms with Crippen molar-refractivity contribution in [2.75, 3.05) is 12.4 Å². The average molecular weight is 374 g/mol. The van der Waals surface area contributed by atoms with Crippen LogP contribution in [0.1, 0.15) is 17.4 Å². The van der Waals surface area contributed by atoms with E-state index in [0.29, 0.717) is 11.4 Å². The Bertz CT molecular complexity index is 970. The van der Waals surface area contributed by atoms with Gasteiger partial charge in [-0.25, -0.2) is 9.78 Å². The maximum absolute atomic E-state index is 12.3. The van der Waals surface area contributed by atoms with Gasteiger partial charge in [-0.05, 0) is 37.3 Å². The predicted molar refractivity (Wildman–Crippen MR) is 97.6 cm³/mol. The number of ether oxygens (including phenoxy) is 2. The largest absolute Gasteiger partial charge is 0.497 e. The summed E-state index contributed by atoms with van der Waals surface area (Å²) >= 11 is 5.90. The number of hydrogen-bond donors (Lipinski definition) is 2. The molecule has 1 amide bonds. The van der Waals surface area contributed by atoms with E-state index in [2.05, 4.69) is 15.3 Å². The van der Waals surface area contributed by atoms with Crippen molar-refractivity contribution in [3.8, 4) is 5.75 Å². The van der Waals surface area contributed by atoms with Crippen LogP contribution in [0.5, 0.6) is 5.75 Å². The van der Waals surface area contributed by atoms with Crippen LogP contribution in [0.2, 0.25) is 5.15 Å². The molecule has 3 rings (SSSR count). The van der Waals surface area contributed by atoms with Crippen molar-refractivity contribution >= 4 is 40.1 Å². The molecule has 2 N–H and O–H groups in total. The first-order chi connectivity index (χ1) is 12.5. The van der Waals surface area contributed by atoms with Gasteiger partial charge in [0.15, 0.2) is 11.3 Å². The number of carbonyl (C=O) groups excluding carboxylic acids is 2. The van der Waals surface area contributed by atoms with E-state index in [0.717, 1.165) is 10.9 Å². The molecule has 0 aliphatic heterocycles. The number of benzene rings is 1. The third-order valence-electron chi connectivity index (χ3n) is 3.72. The molecule has 1 atom stereocenters. The lowest BCUT2D eigenvalue weighted by atomic mass is 10.2. The number of nitrogens with zero attached hydrogens (tertiary/aromatic N) is 1. The third-order valence-corrected chi connectivity index (χ3v) is 4.02. The number of esters is 1. The van der Waals surface area contributed by atoms with Crippen LogP contribution in [0.3, 0.4) is 0 Å². The van der Waals surface area contributed by atoms with Crippen molar-refractivity contribution in [2.24, 2.45) is 0 Å². The van der Waals surface area contributed by atoms with Crippen LogP contribution < -0.4 is 10.1 Å². The highest BCUT2D eigenvalue weighted by Gasteiger charge is 2.21. The molecule has 0 aliphatic carbocycles. The van der Waals surface area contributed by atoms with E-state index in [1.54, 1.807) is 37.4 Å². The maximum Gasteiger partial charge on any atom is 0.355 e. The van der Waals surface area contributed by atoms with Gasteiger partial charge in [-0.2, -0.15) is 0 Å². The fourth-order valence-electron chi connectivity index (χ4n) is 2.33. The summed E-state index contributed by atoms with van der Waals surface area (Å²) < 4.78 is 10.4. The zero-order valence-electron chi connectivity index (χ0n) is 14.1. The van der Waals surface area contributed by atoms with Gasteiger partial charge in [-0.15, -0.1) is 0 Å². The Labute approximate surface area is 154 Å². The van der Waals surface area contributed by atoms with Crippen LogP contribution in [0.25, 0.3) is 10.9 Å². The van der Waals surface area contributed by atoms with Crippen molar-refractivity contribution in [1.29, 1.82) is 0 Å². The van der Waals surface area contributed by atoms with Gasteiger partial charge in [0.25, 0.3) is 5.91 Å². The zero-order valence-corrected chi connectivity index (χ0v) is 14.8. The Morgan fingerprint density at radius 2 is 2.08 bits per heavy atom. The number of carbonyl (C=O) groups is 2. The predicted octanol–water partition coefficient (Wildman–Crippen LogP) is 3.41. The smallest absolute Gasteiger partial charge is 0.355 e. The Morgan fingerprint density at radius 3 is 2.81 bits per heavy atom. The van der Waals surface area contributed by atoms with Crippen LogP contribution in [0, 0.1) is 0 Å². The molecule has 0 fully saturated rings. The van der Waals surface area contributed by atoms with Crippen molar-refractivity contribution in [3.63, 3.8) is 0 Å². The minimum Gasteiger partial charge on any atom is -0.497 e. The first-order valence-corrected chi connectivity index (χ1v) is 8.15. The maximum atomic E-state index is 12.3. The van der Waals surface area contributed by atoms with E-state index in [1.807, 2.05) is 6.07 Å². The number of rotatable bonds is 5. The summed E-state index contributed by atoms with van der Waals surface area (Å²) in [7, 11) is 1.56. The molecule has 2 aromatic heterocycles. The number of H-pyrrole nitrogens is 1. The SMILES string of the molecule is COc1ccc2cc(C(=O)OC(C)C(=O)Nc3cccnc3Cl)[nH]c2c1. The van der Waals surface area contributed by atoms with Gasteiger partial charge in [-0.1, -0.05) is 11.6 Å². The number of methoxy groups -OCH3 is 1. The minimum atomic E-state index is -1.01. The third kappa shape index (κ3) is 3.78. The Kier molecular flexibility index (Phi) is 5.09. The first-order valence-electron chi connectivity index (χ1n) is 7.77. The van der Waals surface area contributed by atoms with Crippen LogP contribution in [0.15, 0.2) is 42.6 Å². The highest BCUT2D eigenvalue weighted by atomic mass is 35.5. The molecule has 134 valence electrons. The number of aromatic amines is 1. The molecule has 1 aromatic carbocycles. The van der Waals surface area contributed by atoms with E-state index in [9.17, 15) is 9.59 Å². The van der Waals surface area contributed by atoms with E-state index < -0.39 is 18.0 Å². The summed E-state index contributed by atoms with van der Waals surface area (Å²) in [4.78, 5) is 31.3. The summed E-state index contributed by atoms with van der Waals surface area (Å²) in [6, 6.07) is 10.3. The Balaban J connectivity index is 1.68. The summed E-state index contributed by atoms with van der Waals surface area (Å²) in [5, 5.41) is 3.56. The summed E-state index contributed by atoms with van der Waals surface area (Å²) in [6.45, 7) is 1.48. The molecule has 0 aliphatic rings. The van der Waals surface area contributed by atoms with Crippen LogP contribution in [0.4, 0.5) is 5.69 Å². The van der Waals surface area contributed by atoms with Crippen molar-refractivity contribution < 1.29 is 19.1 Å². The quantitative estimate of drug-likeness (QED) is 0.528. The molecule has 1 unspecified atom stereocenters. The van der Waals surface area contributed by atoms with Crippen LogP contribution in [-0.2, 0) is 9.53 Å². The van der Waals surface area contributed by atoms with Gasteiger partial charge in [0.05, 0.1) is 12.8 Å². The summed E-state index contributed by atoms with van der Waals surface area (Å²) in [5.74, 6) is -0.480. The number of hydrogen-bond acceptors (Lipinski definition) is 5. The molecule has 0 radical (unpaired) electrons. The van der Waals surface area contributed by atoms with Gasteiger partial charge in [0, 0.05) is 23.2 Å². The summed E-state index contributed by atoms with van der Waals surface area (Å²) in [6.07, 6.45) is 0.492. The monoisotopic (exact) mass is 373 g/mol. The highest BCUT2D eigenvalue weighted by Crippen LogP contribution is 2.22. The van der Waals surface area contributed by atoms with Gasteiger partial charge in [0.1, 0.15) is 11.4 Å². The lowest BCUT2D eigenvalue weighted by Gasteiger charge is -2.13. The van der Waals surface area contributed by atoms with Gasteiger partial charge in [-0.3, -0.25) is 4.79 Å². The second-order valence-electron chi connectivity index (χ2n) is 5.51. The first kappa shape index (κ1) is 17.8. The molecule has 2 heterocycles.